The zero-order chi connectivity index (χ0) is 16.1. The molecule has 0 saturated heterocycles. The van der Waals surface area contributed by atoms with Crippen LogP contribution in [0.5, 0.6) is 0 Å². The van der Waals surface area contributed by atoms with Crippen LogP contribution in [0.3, 0.4) is 0 Å². The minimum absolute atomic E-state index is 0.151. The van der Waals surface area contributed by atoms with Crippen molar-refractivity contribution in [1.29, 1.82) is 0 Å². The molecule has 0 spiro atoms. The molecule has 0 aromatic carbocycles. The molecule has 0 saturated carbocycles. The molecule has 4 nitrogen and oxygen atoms in total. The van der Waals surface area contributed by atoms with E-state index in [1.165, 1.54) is 6.07 Å². The summed E-state index contributed by atoms with van der Waals surface area (Å²) in [6.45, 7) is 0. The Morgan fingerprint density at radius 1 is 1.14 bits per heavy atom. The fourth-order valence-electron chi connectivity index (χ4n) is 2.03. The van der Waals surface area contributed by atoms with Gasteiger partial charge in [0.25, 0.3) is 0 Å². The molecule has 9 heteroatoms. The second kappa shape index (κ2) is 5.10. The lowest BCUT2D eigenvalue weighted by Gasteiger charge is -2.05. The molecule has 3 heterocycles. The molecular formula is C13H7Cl2F3N4. The lowest BCUT2D eigenvalue weighted by Crippen LogP contribution is -2.07. The van der Waals surface area contributed by atoms with Gasteiger partial charge in [-0.2, -0.15) is 13.2 Å². The van der Waals surface area contributed by atoms with E-state index in [0.29, 0.717) is 22.1 Å². The zero-order valence-corrected chi connectivity index (χ0v) is 12.5. The third kappa shape index (κ3) is 2.50. The number of hydrogen-bond acceptors (Lipinski definition) is 3. The number of pyridine rings is 2. The number of hydrogen-bond donors (Lipinski definition) is 0. The molecule has 3 aromatic rings. The first kappa shape index (κ1) is 15.1. The number of fused-ring (bicyclic) bond motifs is 1. The fourth-order valence-corrected chi connectivity index (χ4v) is 2.37. The number of aryl methyl sites for hydroxylation is 1. The summed E-state index contributed by atoms with van der Waals surface area (Å²) in [6.07, 6.45) is -3.41. The Labute approximate surface area is 132 Å². The van der Waals surface area contributed by atoms with E-state index >= 15 is 0 Å². The molecule has 0 amide bonds. The van der Waals surface area contributed by atoms with Crippen molar-refractivity contribution in [2.24, 2.45) is 7.05 Å². The van der Waals surface area contributed by atoms with Gasteiger partial charge in [0.05, 0.1) is 22.3 Å². The maximum Gasteiger partial charge on any atom is 0.433 e. The van der Waals surface area contributed by atoms with Crippen molar-refractivity contribution in [2.75, 3.05) is 0 Å². The van der Waals surface area contributed by atoms with Gasteiger partial charge in [0.1, 0.15) is 16.5 Å². The molecule has 0 radical (unpaired) electrons. The summed E-state index contributed by atoms with van der Waals surface area (Å²) in [5.41, 5.74) is -0.130. The maximum atomic E-state index is 12.7. The summed E-state index contributed by atoms with van der Waals surface area (Å²) in [5, 5.41) is 0.507. The van der Waals surface area contributed by atoms with Gasteiger partial charge in [0.2, 0.25) is 0 Å². The van der Waals surface area contributed by atoms with Crippen LogP contribution in [0, 0.1) is 0 Å². The molecule has 0 aliphatic carbocycles. The normalized spacial score (nSPS) is 12.1. The minimum Gasteiger partial charge on any atom is -0.324 e. The van der Waals surface area contributed by atoms with Crippen molar-refractivity contribution in [1.82, 2.24) is 19.5 Å². The predicted octanol–water partition coefficient (Wildman–Crippen LogP) is 4.36. The van der Waals surface area contributed by atoms with Gasteiger partial charge in [-0.25, -0.2) is 15.0 Å². The van der Waals surface area contributed by atoms with E-state index in [9.17, 15) is 13.2 Å². The average Bonchev–Trinajstić information content (AvgIpc) is 2.77. The van der Waals surface area contributed by atoms with E-state index in [1.807, 2.05) is 0 Å². The summed E-state index contributed by atoms with van der Waals surface area (Å²) in [5.74, 6) is 0.309. The molecule has 0 aliphatic rings. The van der Waals surface area contributed by atoms with E-state index in [1.54, 1.807) is 17.7 Å². The van der Waals surface area contributed by atoms with Gasteiger partial charge in [-0.1, -0.05) is 23.2 Å². The van der Waals surface area contributed by atoms with Crippen LogP contribution < -0.4 is 0 Å². The van der Waals surface area contributed by atoms with Gasteiger partial charge in [-0.15, -0.1) is 0 Å². The monoisotopic (exact) mass is 346 g/mol. The molecule has 0 fully saturated rings. The van der Waals surface area contributed by atoms with Crippen LogP contribution in [0.25, 0.3) is 22.6 Å². The Morgan fingerprint density at radius 2 is 1.86 bits per heavy atom. The fraction of sp³-hybridized carbons (Fsp3) is 0.154. The van der Waals surface area contributed by atoms with Crippen molar-refractivity contribution in [2.45, 2.75) is 6.18 Å². The maximum absolute atomic E-state index is 12.7. The highest BCUT2D eigenvalue weighted by atomic mass is 35.5. The number of nitrogens with zero attached hydrogens (tertiary/aromatic N) is 4. The number of rotatable bonds is 1. The molecule has 3 rings (SSSR count). The third-order valence-corrected chi connectivity index (χ3v) is 3.60. The zero-order valence-electron chi connectivity index (χ0n) is 11.0. The van der Waals surface area contributed by atoms with E-state index < -0.39 is 11.9 Å². The van der Waals surface area contributed by atoms with Crippen molar-refractivity contribution in [3.05, 3.63) is 40.3 Å². The second-order valence-corrected chi connectivity index (χ2v) is 5.31. The molecule has 0 bridgehead atoms. The Kier molecular flexibility index (Phi) is 3.49. The van der Waals surface area contributed by atoms with Crippen LogP contribution in [0.2, 0.25) is 10.2 Å². The standard InChI is InChI=1S/C13H7Cl2F3N4/c1-22-8-5-19-9(13(16,17)18)4-7(8)20-12(22)11-6(14)2-3-10(15)21-11/h2-5H,1H3. The molecule has 22 heavy (non-hydrogen) atoms. The van der Waals surface area contributed by atoms with Crippen LogP contribution in [-0.4, -0.2) is 19.5 Å². The first-order valence-corrected chi connectivity index (χ1v) is 6.75. The molecular weight excluding hydrogens is 340 g/mol. The highest BCUT2D eigenvalue weighted by Gasteiger charge is 2.33. The summed E-state index contributed by atoms with van der Waals surface area (Å²) >= 11 is 11.9. The third-order valence-electron chi connectivity index (χ3n) is 3.08. The van der Waals surface area contributed by atoms with Crippen molar-refractivity contribution in [3.8, 4) is 11.5 Å². The SMILES string of the molecule is Cn1c(-c2nc(Cl)ccc2Cl)nc2cc(C(F)(F)F)ncc21. The summed E-state index contributed by atoms with van der Waals surface area (Å²) < 4.78 is 39.7. The van der Waals surface area contributed by atoms with Gasteiger partial charge < -0.3 is 4.57 Å². The van der Waals surface area contributed by atoms with E-state index in [0.717, 1.165) is 12.3 Å². The Hall–Kier alpha value is -1.86. The second-order valence-electron chi connectivity index (χ2n) is 4.51. The lowest BCUT2D eigenvalue weighted by atomic mass is 10.3. The Bertz CT molecular complexity index is 874. The van der Waals surface area contributed by atoms with Crippen molar-refractivity contribution >= 4 is 34.2 Å². The summed E-state index contributed by atoms with van der Waals surface area (Å²) in [6, 6.07) is 3.95. The first-order chi connectivity index (χ1) is 10.3. The smallest absolute Gasteiger partial charge is 0.324 e. The Morgan fingerprint density at radius 3 is 2.55 bits per heavy atom. The molecule has 3 aromatic heterocycles. The summed E-state index contributed by atoms with van der Waals surface area (Å²) in [4.78, 5) is 11.7. The quantitative estimate of drug-likeness (QED) is 0.615. The van der Waals surface area contributed by atoms with Crippen LogP contribution in [0.4, 0.5) is 13.2 Å². The van der Waals surface area contributed by atoms with Gasteiger partial charge in [0.15, 0.2) is 5.82 Å². The molecule has 0 unspecified atom stereocenters. The van der Waals surface area contributed by atoms with Gasteiger partial charge in [-0.3, -0.25) is 0 Å². The van der Waals surface area contributed by atoms with Crippen LogP contribution in [0.1, 0.15) is 5.69 Å². The number of alkyl halides is 3. The van der Waals surface area contributed by atoms with Crippen LogP contribution in [0.15, 0.2) is 24.4 Å². The Balaban J connectivity index is 2.24. The summed E-state index contributed by atoms with van der Waals surface area (Å²) in [7, 11) is 1.64. The molecule has 0 aliphatic heterocycles. The number of aromatic nitrogens is 4. The van der Waals surface area contributed by atoms with E-state index in [4.69, 9.17) is 23.2 Å². The van der Waals surface area contributed by atoms with Crippen LogP contribution in [-0.2, 0) is 13.2 Å². The van der Waals surface area contributed by atoms with Crippen LogP contribution >= 0.6 is 23.2 Å². The largest absolute Gasteiger partial charge is 0.433 e. The van der Waals surface area contributed by atoms with Crippen molar-refractivity contribution < 1.29 is 13.2 Å². The van der Waals surface area contributed by atoms with E-state index in [-0.39, 0.29) is 10.7 Å². The number of halogens is 5. The lowest BCUT2D eigenvalue weighted by molar-refractivity contribution is -0.141. The molecule has 0 N–H and O–H groups in total. The molecule has 114 valence electrons. The highest BCUT2D eigenvalue weighted by molar-refractivity contribution is 6.34. The highest BCUT2D eigenvalue weighted by Crippen LogP contribution is 2.32. The van der Waals surface area contributed by atoms with E-state index in [2.05, 4.69) is 15.0 Å². The predicted molar refractivity (Wildman–Crippen MR) is 76.8 cm³/mol. The van der Waals surface area contributed by atoms with Gasteiger partial charge in [0, 0.05) is 7.05 Å². The number of imidazole rings is 1. The minimum atomic E-state index is -4.53. The van der Waals surface area contributed by atoms with Crippen molar-refractivity contribution in [3.63, 3.8) is 0 Å². The first-order valence-electron chi connectivity index (χ1n) is 5.99. The molecule has 0 atom stereocenters. The topological polar surface area (TPSA) is 43.6 Å². The van der Waals surface area contributed by atoms with Gasteiger partial charge in [-0.05, 0) is 18.2 Å². The average molecular weight is 347 g/mol. The van der Waals surface area contributed by atoms with Gasteiger partial charge >= 0.3 is 6.18 Å².